The van der Waals surface area contributed by atoms with Crippen molar-refractivity contribution in [2.24, 2.45) is 0 Å². The van der Waals surface area contributed by atoms with Crippen LogP contribution >= 0.6 is 11.3 Å². The van der Waals surface area contributed by atoms with Crippen molar-refractivity contribution in [3.8, 4) is 11.5 Å². The zero-order valence-electron chi connectivity index (χ0n) is 14.5. The molecule has 2 N–H and O–H groups in total. The van der Waals surface area contributed by atoms with Gasteiger partial charge in [-0.15, -0.1) is 11.3 Å². The number of benzene rings is 1. The fourth-order valence-electron chi connectivity index (χ4n) is 3.69. The highest BCUT2D eigenvalue weighted by Crippen LogP contribution is 2.37. The van der Waals surface area contributed by atoms with Gasteiger partial charge in [0, 0.05) is 24.5 Å². The number of nitrogens with one attached hydrogen (secondary N) is 2. The molecule has 6 nitrogen and oxygen atoms in total. The van der Waals surface area contributed by atoms with Gasteiger partial charge in [-0.1, -0.05) is 6.07 Å². The maximum atomic E-state index is 12.6. The van der Waals surface area contributed by atoms with E-state index in [2.05, 4.69) is 22.8 Å². The first-order chi connectivity index (χ1) is 12.6. The van der Waals surface area contributed by atoms with Crippen LogP contribution in [0.3, 0.4) is 0 Å². The summed E-state index contributed by atoms with van der Waals surface area (Å²) >= 11 is 1.75. The number of hydrogen-bond acceptors (Lipinski definition) is 5. The van der Waals surface area contributed by atoms with Crippen LogP contribution in [0, 0.1) is 0 Å². The van der Waals surface area contributed by atoms with Crippen LogP contribution < -0.4 is 19.7 Å². The summed E-state index contributed by atoms with van der Waals surface area (Å²) < 4.78 is 10.7. The number of carbonyl (C=O) groups excluding carboxylic acids is 2. The molecule has 3 heterocycles. The third-order valence-corrected chi connectivity index (χ3v) is 5.91. The topological polar surface area (TPSA) is 69.1 Å². The SMILES string of the molecule is CC(=O)c1cc2c(cc1NC(=O)C[NH+]1CCC[C@@H]1c1cccs1)OCO2. The van der Waals surface area contributed by atoms with Gasteiger partial charge in [0.15, 0.2) is 23.8 Å². The quantitative estimate of drug-likeness (QED) is 0.787. The summed E-state index contributed by atoms with van der Waals surface area (Å²) in [5.74, 6) is 0.875. The smallest absolute Gasteiger partial charge is 0.279 e. The Bertz CT molecular complexity index is 834. The van der Waals surface area contributed by atoms with E-state index < -0.39 is 0 Å². The first-order valence-electron chi connectivity index (χ1n) is 8.74. The molecule has 1 aromatic carbocycles. The number of ether oxygens (including phenoxy) is 2. The molecular weight excluding hydrogens is 352 g/mol. The molecule has 0 spiro atoms. The minimum absolute atomic E-state index is 0.0928. The van der Waals surface area contributed by atoms with Crippen molar-refractivity contribution in [2.75, 3.05) is 25.2 Å². The van der Waals surface area contributed by atoms with Crippen LogP contribution in [-0.4, -0.2) is 31.6 Å². The normalized spacial score (nSPS) is 21.0. The predicted octanol–water partition coefficient (Wildman–Crippen LogP) is 2.04. The number of fused-ring (bicyclic) bond motifs is 1. The van der Waals surface area contributed by atoms with Crippen molar-refractivity contribution < 1.29 is 24.0 Å². The largest absolute Gasteiger partial charge is 0.454 e. The Balaban J connectivity index is 1.49. The van der Waals surface area contributed by atoms with Gasteiger partial charge in [0.25, 0.3) is 5.91 Å². The van der Waals surface area contributed by atoms with Gasteiger partial charge in [-0.3, -0.25) is 9.59 Å². The number of likely N-dealkylation sites (tertiary alicyclic amines) is 1. The molecule has 7 heteroatoms. The molecule has 0 radical (unpaired) electrons. The van der Waals surface area contributed by atoms with Crippen molar-refractivity contribution in [1.82, 2.24) is 0 Å². The van der Waals surface area contributed by atoms with E-state index in [1.165, 1.54) is 16.7 Å². The van der Waals surface area contributed by atoms with Gasteiger partial charge < -0.3 is 19.7 Å². The van der Waals surface area contributed by atoms with Gasteiger partial charge in [-0.25, -0.2) is 0 Å². The molecule has 1 aromatic heterocycles. The second kappa shape index (κ2) is 7.09. The molecule has 2 aromatic rings. The summed E-state index contributed by atoms with van der Waals surface area (Å²) in [6.45, 7) is 2.97. The van der Waals surface area contributed by atoms with Crippen LogP contribution in [0.2, 0.25) is 0 Å². The van der Waals surface area contributed by atoms with Crippen LogP contribution in [0.15, 0.2) is 29.6 Å². The lowest BCUT2D eigenvalue weighted by Gasteiger charge is -2.20. The highest BCUT2D eigenvalue weighted by Gasteiger charge is 2.32. The highest BCUT2D eigenvalue weighted by atomic mass is 32.1. The van der Waals surface area contributed by atoms with E-state index in [0.29, 0.717) is 35.3 Å². The van der Waals surface area contributed by atoms with Gasteiger partial charge in [-0.2, -0.15) is 0 Å². The second-order valence-corrected chi connectivity index (χ2v) is 7.63. The number of anilines is 1. The highest BCUT2D eigenvalue weighted by molar-refractivity contribution is 7.10. The lowest BCUT2D eigenvalue weighted by atomic mass is 10.1. The number of thiophene rings is 1. The van der Waals surface area contributed by atoms with Gasteiger partial charge in [-0.05, 0) is 24.4 Å². The molecular formula is C19H21N2O4S+. The van der Waals surface area contributed by atoms with E-state index in [1.54, 1.807) is 23.5 Å². The number of hydrogen-bond donors (Lipinski definition) is 2. The minimum atomic E-state index is -0.122. The molecule has 2 atom stereocenters. The van der Waals surface area contributed by atoms with Crippen molar-refractivity contribution in [1.29, 1.82) is 0 Å². The second-order valence-electron chi connectivity index (χ2n) is 6.65. The maximum absolute atomic E-state index is 12.6. The number of Topliss-reactive ketones (excluding diaryl/α,β-unsaturated/α-hetero) is 1. The Morgan fingerprint density at radius 1 is 1.31 bits per heavy atom. The standard InChI is InChI=1S/C19H20N2O4S/c1-12(22)13-8-16-17(25-11-24-16)9-14(13)20-19(23)10-21-6-2-4-15(21)18-5-3-7-26-18/h3,5,7-9,15H,2,4,6,10-11H2,1H3,(H,20,23)/p+1/t15-/m1/s1. The first-order valence-corrected chi connectivity index (χ1v) is 9.62. The van der Waals surface area contributed by atoms with Crippen LogP contribution in [0.5, 0.6) is 11.5 Å². The molecule has 1 unspecified atom stereocenters. The van der Waals surface area contributed by atoms with E-state index in [-0.39, 0.29) is 18.5 Å². The fourth-order valence-corrected chi connectivity index (χ4v) is 4.61. The van der Waals surface area contributed by atoms with E-state index in [4.69, 9.17) is 9.47 Å². The lowest BCUT2D eigenvalue weighted by molar-refractivity contribution is -0.910. The minimum Gasteiger partial charge on any atom is -0.454 e. The Morgan fingerprint density at radius 3 is 2.85 bits per heavy atom. The summed E-state index contributed by atoms with van der Waals surface area (Å²) in [6.07, 6.45) is 2.22. The molecule has 2 aliphatic rings. The van der Waals surface area contributed by atoms with Crippen molar-refractivity contribution in [3.05, 3.63) is 40.1 Å². The summed E-state index contributed by atoms with van der Waals surface area (Å²) in [5.41, 5.74) is 0.923. The van der Waals surface area contributed by atoms with Crippen LogP contribution in [0.4, 0.5) is 5.69 Å². The first kappa shape index (κ1) is 17.1. The molecule has 26 heavy (non-hydrogen) atoms. The Hall–Kier alpha value is -2.38. The van der Waals surface area contributed by atoms with Crippen molar-refractivity contribution in [2.45, 2.75) is 25.8 Å². The Labute approximate surface area is 155 Å². The molecule has 0 aliphatic carbocycles. The van der Waals surface area contributed by atoms with Crippen LogP contribution in [-0.2, 0) is 4.79 Å². The molecule has 0 bridgehead atoms. The summed E-state index contributed by atoms with van der Waals surface area (Å²) in [5, 5.41) is 4.98. The number of amides is 1. The van der Waals surface area contributed by atoms with E-state index in [0.717, 1.165) is 19.4 Å². The van der Waals surface area contributed by atoms with Crippen molar-refractivity contribution in [3.63, 3.8) is 0 Å². The lowest BCUT2D eigenvalue weighted by Crippen LogP contribution is -3.11. The van der Waals surface area contributed by atoms with E-state index in [1.807, 2.05) is 0 Å². The van der Waals surface area contributed by atoms with E-state index in [9.17, 15) is 9.59 Å². The van der Waals surface area contributed by atoms with Crippen molar-refractivity contribution >= 4 is 28.7 Å². The number of ketones is 1. The monoisotopic (exact) mass is 373 g/mol. The zero-order valence-corrected chi connectivity index (χ0v) is 15.4. The van der Waals surface area contributed by atoms with Gasteiger partial charge in [0.1, 0.15) is 6.04 Å². The van der Waals surface area contributed by atoms with Gasteiger partial charge in [0.05, 0.1) is 17.1 Å². The molecule has 1 amide bonds. The van der Waals surface area contributed by atoms with Gasteiger partial charge in [0.2, 0.25) is 6.79 Å². The average Bonchev–Trinajstić information content (AvgIpc) is 3.34. The third kappa shape index (κ3) is 3.32. The predicted molar refractivity (Wildman–Crippen MR) is 98.2 cm³/mol. The molecule has 136 valence electrons. The molecule has 4 rings (SSSR count). The Morgan fingerprint density at radius 2 is 2.12 bits per heavy atom. The fraction of sp³-hybridized carbons (Fsp3) is 0.368. The molecule has 2 aliphatic heterocycles. The zero-order chi connectivity index (χ0) is 18.1. The van der Waals surface area contributed by atoms with Crippen LogP contribution in [0.25, 0.3) is 0 Å². The Kier molecular flexibility index (Phi) is 4.65. The maximum Gasteiger partial charge on any atom is 0.279 e. The van der Waals surface area contributed by atoms with Crippen LogP contribution in [0.1, 0.15) is 41.0 Å². The number of rotatable bonds is 5. The van der Waals surface area contributed by atoms with E-state index >= 15 is 0 Å². The number of carbonyl (C=O) groups is 2. The average molecular weight is 373 g/mol. The van der Waals surface area contributed by atoms with Gasteiger partial charge >= 0.3 is 0 Å². The summed E-state index contributed by atoms with van der Waals surface area (Å²) in [6, 6.07) is 7.89. The number of quaternary nitrogens is 1. The third-order valence-electron chi connectivity index (χ3n) is 4.92. The molecule has 1 saturated heterocycles. The molecule has 1 fully saturated rings. The summed E-state index contributed by atoms with van der Waals surface area (Å²) in [7, 11) is 0. The summed E-state index contributed by atoms with van der Waals surface area (Å²) in [4.78, 5) is 27.2. The molecule has 0 saturated carbocycles.